The summed E-state index contributed by atoms with van der Waals surface area (Å²) >= 11 is 2.84. The van der Waals surface area contributed by atoms with Gasteiger partial charge in [-0.05, 0) is 62.0 Å². The monoisotopic (exact) mass is 563 g/mol. The lowest BCUT2D eigenvalue weighted by atomic mass is 9.82. The van der Waals surface area contributed by atoms with Gasteiger partial charge in [0.15, 0.2) is 4.96 Å². The zero-order chi connectivity index (χ0) is 26.9. The molecule has 6 rings (SSSR count). The first-order valence-corrected chi connectivity index (χ1v) is 15.4. The minimum absolute atomic E-state index is 0.0464. The number of fused-ring (bicyclic) bond motifs is 1. The molecule has 0 atom stereocenters. The van der Waals surface area contributed by atoms with Gasteiger partial charge in [-0.1, -0.05) is 31.2 Å². The summed E-state index contributed by atoms with van der Waals surface area (Å²) in [5.74, 6) is -0.0102. The van der Waals surface area contributed by atoms with Crippen LogP contribution in [0, 0.1) is 17.8 Å². The Morgan fingerprint density at radius 1 is 1.08 bits per heavy atom. The molecule has 4 aromatic rings. The van der Waals surface area contributed by atoms with Crippen LogP contribution in [0.3, 0.4) is 0 Å². The fourth-order valence-corrected chi connectivity index (χ4v) is 7.48. The number of carbonyl (C=O) groups excluding carboxylic acids is 1. The Bertz CT molecular complexity index is 1430. The molecule has 2 aliphatic rings. The summed E-state index contributed by atoms with van der Waals surface area (Å²) < 4.78 is 7.56. The van der Waals surface area contributed by atoms with Gasteiger partial charge in [-0.25, -0.2) is 9.78 Å². The second-order valence-electron chi connectivity index (χ2n) is 10.9. The van der Waals surface area contributed by atoms with Crippen molar-refractivity contribution >= 4 is 45.2 Å². The molecule has 0 radical (unpaired) electrons. The number of amides is 1. The number of nitrogens with zero attached hydrogens (tertiary/aromatic N) is 3. The van der Waals surface area contributed by atoms with Crippen LogP contribution in [0.1, 0.15) is 55.1 Å². The van der Waals surface area contributed by atoms with Crippen LogP contribution >= 0.6 is 22.7 Å². The molecule has 1 amide bonds. The number of thiophene rings is 1. The van der Waals surface area contributed by atoms with Crippen LogP contribution in [-0.2, 0) is 9.53 Å². The van der Waals surface area contributed by atoms with Gasteiger partial charge in [0.25, 0.3) is 0 Å². The Hall–Kier alpha value is -3.01. The lowest BCUT2D eigenvalue weighted by Crippen LogP contribution is -2.42. The first-order valence-electron chi connectivity index (χ1n) is 13.8. The van der Waals surface area contributed by atoms with Crippen molar-refractivity contribution in [1.29, 1.82) is 0 Å². The van der Waals surface area contributed by atoms with Crippen molar-refractivity contribution in [1.82, 2.24) is 9.38 Å². The second kappa shape index (κ2) is 11.2. The normalized spacial score (nSPS) is 20.3. The third-order valence-electron chi connectivity index (χ3n) is 8.17. The molecule has 1 aliphatic carbocycles. The fourth-order valence-electron chi connectivity index (χ4n) is 5.77. The molecule has 0 unspecified atom stereocenters. The Morgan fingerprint density at radius 2 is 1.79 bits per heavy atom. The van der Waals surface area contributed by atoms with E-state index < -0.39 is 5.97 Å². The van der Waals surface area contributed by atoms with Crippen molar-refractivity contribution in [3.05, 3.63) is 53.0 Å². The number of benzene rings is 1. The predicted octanol–water partition coefficient (Wildman–Crippen LogP) is 7.08. The largest absolute Gasteiger partial charge is 0.477 e. The van der Waals surface area contributed by atoms with Crippen LogP contribution in [0.5, 0.6) is 0 Å². The van der Waals surface area contributed by atoms with Crippen LogP contribution in [0.4, 0.5) is 5.69 Å². The summed E-state index contributed by atoms with van der Waals surface area (Å²) in [6.07, 6.45) is 9.61. The van der Waals surface area contributed by atoms with Crippen LogP contribution in [0.2, 0.25) is 0 Å². The van der Waals surface area contributed by atoms with E-state index in [0.717, 1.165) is 65.2 Å². The SMILES string of the molecule is C[C@H]1CC[C@H](C(=O)N(CC2CCOCC2)c2cc(-c3ccc(-c4cn5ccsc5n4)cc3)sc2C(=O)O)CC1. The van der Waals surface area contributed by atoms with Crippen molar-refractivity contribution in [3.8, 4) is 21.7 Å². The molecule has 9 heteroatoms. The average Bonchev–Trinajstić information content (AvgIpc) is 3.68. The second-order valence-corrected chi connectivity index (χ2v) is 12.8. The first-order chi connectivity index (χ1) is 19.0. The van der Waals surface area contributed by atoms with E-state index in [1.807, 2.05) is 57.4 Å². The summed E-state index contributed by atoms with van der Waals surface area (Å²) in [7, 11) is 0. The van der Waals surface area contributed by atoms with Crippen molar-refractivity contribution in [2.24, 2.45) is 17.8 Å². The molecule has 39 heavy (non-hydrogen) atoms. The Balaban J connectivity index is 1.31. The highest BCUT2D eigenvalue weighted by Gasteiger charge is 2.33. The maximum atomic E-state index is 14.0. The molecule has 0 bridgehead atoms. The van der Waals surface area contributed by atoms with Gasteiger partial charge >= 0.3 is 5.97 Å². The number of hydrogen-bond acceptors (Lipinski definition) is 6. The third-order valence-corrected chi connectivity index (χ3v) is 10.1. The number of carbonyl (C=O) groups is 2. The van der Waals surface area contributed by atoms with Gasteiger partial charge < -0.3 is 14.7 Å². The van der Waals surface area contributed by atoms with Gasteiger partial charge in [0, 0.05) is 53.9 Å². The standard InChI is InChI=1S/C30H33N3O4S2/c1-19-2-4-23(5-3-19)28(34)33(17-20-10-13-37-14-11-20)25-16-26(39-27(25)29(35)36)22-8-6-21(7-9-22)24-18-32-12-15-38-30(32)31-24/h6-9,12,15-16,18-20,23H,2-5,10-11,13-14,17H2,1H3,(H,35,36)/t19-,23-. The van der Waals surface area contributed by atoms with Crippen molar-refractivity contribution in [3.63, 3.8) is 0 Å². The van der Waals surface area contributed by atoms with Gasteiger partial charge in [0.05, 0.1) is 11.4 Å². The molecule has 4 heterocycles. The highest BCUT2D eigenvalue weighted by Crippen LogP contribution is 2.40. The summed E-state index contributed by atoms with van der Waals surface area (Å²) in [6.45, 7) is 4.17. The maximum absolute atomic E-state index is 14.0. The summed E-state index contributed by atoms with van der Waals surface area (Å²) in [4.78, 5) is 34.9. The van der Waals surface area contributed by atoms with Crippen molar-refractivity contribution in [2.75, 3.05) is 24.7 Å². The topological polar surface area (TPSA) is 84.1 Å². The van der Waals surface area contributed by atoms with Gasteiger partial charge in [0.2, 0.25) is 5.91 Å². The summed E-state index contributed by atoms with van der Waals surface area (Å²) in [6, 6.07) is 9.98. The zero-order valence-corrected chi connectivity index (χ0v) is 23.7. The highest BCUT2D eigenvalue weighted by molar-refractivity contribution is 7.18. The molecular formula is C30H33N3O4S2. The van der Waals surface area contributed by atoms with E-state index in [1.54, 1.807) is 11.3 Å². The maximum Gasteiger partial charge on any atom is 0.348 e. The number of anilines is 1. The molecule has 204 valence electrons. The Kier molecular flexibility index (Phi) is 7.55. The van der Waals surface area contributed by atoms with Crippen LogP contribution in [-0.4, -0.2) is 46.1 Å². The number of ether oxygens (including phenoxy) is 1. The average molecular weight is 564 g/mol. The van der Waals surface area contributed by atoms with Crippen LogP contribution in [0.15, 0.2) is 48.1 Å². The van der Waals surface area contributed by atoms with E-state index >= 15 is 0 Å². The van der Waals surface area contributed by atoms with Crippen LogP contribution in [0.25, 0.3) is 26.7 Å². The molecule has 2 fully saturated rings. The van der Waals surface area contributed by atoms with Gasteiger partial charge in [-0.15, -0.1) is 22.7 Å². The molecule has 1 aromatic carbocycles. The number of hydrogen-bond donors (Lipinski definition) is 1. The van der Waals surface area contributed by atoms with Gasteiger partial charge in [0.1, 0.15) is 4.88 Å². The molecular weight excluding hydrogens is 530 g/mol. The summed E-state index contributed by atoms with van der Waals surface area (Å²) in [5, 5.41) is 12.2. The summed E-state index contributed by atoms with van der Waals surface area (Å²) in [5.41, 5.74) is 3.38. The van der Waals surface area contributed by atoms with Gasteiger partial charge in [-0.2, -0.15) is 0 Å². The van der Waals surface area contributed by atoms with Crippen molar-refractivity contribution < 1.29 is 19.4 Å². The molecule has 1 saturated heterocycles. The smallest absolute Gasteiger partial charge is 0.348 e. The Morgan fingerprint density at radius 3 is 2.49 bits per heavy atom. The van der Waals surface area contributed by atoms with E-state index in [-0.39, 0.29) is 16.7 Å². The van der Waals surface area contributed by atoms with Crippen LogP contribution < -0.4 is 4.90 Å². The lowest BCUT2D eigenvalue weighted by Gasteiger charge is -2.34. The van der Waals surface area contributed by atoms with E-state index in [1.165, 1.54) is 11.3 Å². The molecule has 1 aliphatic heterocycles. The minimum Gasteiger partial charge on any atom is -0.477 e. The number of carboxylic acids is 1. The van der Waals surface area contributed by atoms with Gasteiger partial charge in [-0.3, -0.25) is 9.20 Å². The number of carboxylic acid groups (broad SMARTS) is 1. The zero-order valence-electron chi connectivity index (χ0n) is 22.0. The fraction of sp³-hybridized carbons (Fsp3) is 0.433. The highest BCUT2D eigenvalue weighted by atomic mass is 32.1. The predicted molar refractivity (Wildman–Crippen MR) is 156 cm³/mol. The minimum atomic E-state index is -0.988. The lowest BCUT2D eigenvalue weighted by molar-refractivity contribution is -0.123. The van der Waals surface area contributed by atoms with E-state index in [9.17, 15) is 14.7 Å². The van der Waals surface area contributed by atoms with E-state index in [0.29, 0.717) is 37.3 Å². The van der Waals surface area contributed by atoms with Crippen molar-refractivity contribution in [2.45, 2.75) is 45.4 Å². The molecule has 1 saturated carbocycles. The third kappa shape index (κ3) is 5.53. The number of imidazole rings is 1. The number of rotatable bonds is 7. The molecule has 7 nitrogen and oxygen atoms in total. The Labute approximate surface area is 236 Å². The van der Waals surface area contributed by atoms with E-state index in [2.05, 4.69) is 11.9 Å². The number of aromatic nitrogens is 2. The molecule has 1 N–H and O–H groups in total. The molecule has 0 spiro atoms. The number of thiazole rings is 1. The number of aromatic carboxylic acids is 1. The van der Waals surface area contributed by atoms with E-state index in [4.69, 9.17) is 4.74 Å². The quantitative estimate of drug-likeness (QED) is 0.260. The molecule has 3 aromatic heterocycles. The first kappa shape index (κ1) is 26.2.